The van der Waals surface area contributed by atoms with Gasteiger partial charge in [-0.25, -0.2) is 4.79 Å². The lowest BCUT2D eigenvalue weighted by Gasteiger charge is -2.28. The molecule has 0 bridgehead atoms. The molecule has 200 valence electrons. The number of aromatic nitrogens is 1. The maximum Gasteiger partial charge on any atom is 0.410 e. The zero-order valence-corrected chi connectivity index (χ0v) is 22.4. The summed E-state index contributed by atoms with van der Waals surface area (Å²) in [6, 6.07) is 22.3. The minimum Gasteiger partial charge on any atom is -0.481 e. The number of hydrogen-bond donors (Lipinski definition) is 3. The summed E-state index contributed by atoms with van der Waals surface area (Å²) in [6.07, 6.45) is 2.82. The van der Waals surface area contributed by atoms with Gasteiger partial charge in [-0.2, -0.15) is 0 Å². The lowest BCUT2D eigenvalue weighted by Crippen LogP contribution is -2.44. The van der Waals surface area contributed by atoms with Crippen molar-refractivity contribution in [2.24, 2.45) is 0 Å². The number of carboxylic acids is 1. The van der Waals surface area contributed by atoms with E-state index < -0.39 is 11.6 Å². The summed E-state index contributed by atoms with van der Waals surface area (Å²) in [6.45, 7) is 6.93. The number of fused-ring (bicyclic) bond motifs is 2. The van der Waals surface area contributed by atoms with Gasteiger partial charge in [0, 0.05) is 42.8 Å². The number of para-hydroxylation sites is 1. The minimum absolute atomic E-state index is 0.0109. The number of benzene rings is 3. The third-order valence-corrected chi connectivity index (χ3v) is 6.51. The first-order valence-corrected chi connectivity index (χ1v) is 13.1. The van der Waals surface area contributed by atoms with E-state index in [0.29, 0.717) is 32.5 Å². The van der Waals surface area contributed by atoms with Gasteiger partial charge in [0.25, 0.3) is 0 Å². The Hall–Kier alpha value is -3.84. The van der Waals surface area contributed by atoms with Gasteiger partial charge >= 0.3 is 12.1 Å². The van der Waals surface area contributed by atoms with Crippen molar-refractivity contribution in [1.82, 2.24) is 15.2 Å². The molecule has 4 aromatic rings. The average Bonchev–Trinajstić information content (AvgIpc) is 3.27. The Morgan fingerprint density at radius 2 is 1.74 bits per heavy atom. The Morgan fingerprint density at radius 1 is 1.00 bits per heavy atom. The van der Waals surface area contributed by atoms with Crippen molar-refractivity contribution in [3.05, 3.63) is 84.1 Å². The van der Waals surface area contributed by atoms with Gasteiger partial charge < -0.3 is 25.0 Å². The van der Waals surface area contributed by atoms with Crippen molar-refractivity contribution in [2.75, 3.05) is 19.6 Å². The van der Waals surface area contributed by atoms with Gasteiger partial charge in [0.1, 0.15) is 5.60 Å². The van der Waals surface area contributed by atoms with E-state index in [9.17, 15) is 14.7 Å². The maximum absolute atomic E-state index is 13.0. The molecule has 0 spiro atoms. The van der Waals surface area contributed by atoms with E-state index in [0.717, 1.165) is 22.0 Å². The molecule has 0 fully saturated rings. The van der Waals surface area contributed by atoms with Crippen LogP contribution in [0.5, 0.6) is 0 Å². The first-order valence-electron chi connectivity index (χ1n) is 13.1. The Bertz CT molecular complexity index is 1390. The number of ether oxygens (including phenoxy) is 1. The third kappa shape index (κ3) is 7.59. The topological polar surface area (TPSA) is 94.7 Å². The first-order chi connectivity index (χ1) is 18.2. The predicted molar refractivity (Wildman–Crippen MR) is 152 cm³/mol. The molecule has 4 rings (SSSR count). The van der Waals surface area contributed by atoms with Crippen LogP contribution in [0.4, 0.5) is 4.79 Å². The van der Waals surface area contributed by atoms with Crippen LogP contribution in [0.1, 0.15) is 38.3 Å². The normalized spacial score (nSPS) is 12.5. The van der Waals surface area contributed by atoms with Gasteiger partial charge in [-0.15, -0.1) is 0 Å². The molecule has 7 nitrogen and oxygen atoms in total. The summed E-state index contributed by atoms with van der Waals surface area (Å²) in [7, 11) is 0. The van der Waals surface area contributed by atoms with Crippen LogP contribution in [-0.2, 0) is 22.4 Å². The van der Waals surface area contributed by atoms with Gasteiger partial charge in [-0.05, 0) is 61.6 Å². The van der Waals surface area contributed by atoms with Crippen molar-refractivity contribution in [2.45, 2.75) is 51.7 Å². The Balaban J connectivity index is 1.41. The molecule has 3 aromatic carbocycles. The van der Waals surface area contributed by atoms with Crippen molar-refractivity contribution < 1.29 is 19.4 Å². The van der Waals surface area contributed by atoms with E-state index in [1.165, 1.54) is 10.8 Å². The SMILES string of the molecule is CC(C)(C)OC(=O)N(CCN[C@@H](CC(=O)O)Cc1c[nH]c2ccccc12)CCc1ccc2ccccc2c1. The molecule has 3 N–H and O–H groups in total. The van der Waals surface area contributed by atoms with Crippen LogP contribution in [0.25, 0.3) is 21.7 Å². The summed E-state index contributed by atoms with van der Waals surface area (Å²) in [5.74, 6) is -0.859. The molecule has 1 atom stereocenters. The van der Waals surface area contributed by atoms with E-state index in [1.54, 1.807) is 4.90 Å². The summed E-state index contributed by atoms with van der Waals surface area (Å²) in [5, 5.41) is 16.3. The smallest absolute Gasteiger partial charge is 0.410 e. The summed E-state index contributed by atoms with van der Waals surface area (Å²) >= 11 is 0. The number of nitrogens with zero attached hydrogens (tertiary/aromatic N) is 1. The molecule has 0 aliphatic carbocycles. The highest BCUT2D eigenvalue weighted by Crippen LogP contribution is 2.20. The van der Waals surface area contributed by atoms with E-state index in [4.69, 9.17) is 4.74 Å². The van der Waals surface area contributed by atoms with Crippen LogP contribution >= 0.6 is 0 Å². The highest BCUT2D eigenvalue weighted by Gasteiger charge is 2.23. The summed E-state index contributed by atoms with van der Waals surface area (Å²) in [4.78, 5) is 29.6. The van der Waals surface area contributed by atoms with Crippen LogP contribution in [-0.4, -0.2) is 58.3 Å². The second kappa shape index (κ2) is 12.1. The molecule has 0 unspecified atom stereocenters. The second-order valence-electron chi connectivity index (χ2n) is 10.7. The van der Waals surface area contributed by atoms with Gasteiger partial charge in [0.15, 0.2) is 0 Å². The molecular weight excluding hydrogens is 478 g/mol. The van der Waals surface area contributed by atoms with E-state index in [1.807, 2.05) is 63.4 Å². The molecule has 38 heavy (non-hydrogen) atoms. The summed E-state index contributed by atoms with van der Waals surface area (Å²) in [5.41, 5.74) is 2.64. The second-order valence-corrected chi connectivity index (χ2v) is 10.7. The van der Waals surface area contributed by atoms with Crippen molar-refractivity contribution in [3.63, 3.8) is 0 Å². The van der Waals surface area contributed by atoms with Gasteiger partial charge in [-0.3, -0.25) is 4.79 Å². The van der Waals surface area contributed by atoms with Crippen LogP contribution < -0.4 is 5.32 Å². The van der Waals surface area contributed by atoms with Crippen LogP contribution in [0.3, 0.4) is 0 Å². The van der Waals surface area contributed by atoms with Crippen molar-refractivity contribution in [1.29, 1.82) is 0 Å². The molecule has 0 saturated carbocycles. The van der Waals surface area contributed by atoms with Crippen LogP contribution in [0, 0.1) is 0 Å². The molecule has 0 aliphatic rings. The fraction of sp³-hybridized carbons (Fsp3) is 0.355. The number of H-pyrrole nitrogens is 1. The van der Waals surface area contributed by atoms with Gasteiger partial charge in [-0.1, -0.05) is 60.7 Å². The monoisotopic (exact) mass is 515 g/mol. The van der Waals surface area contributed by atoms with Crippen LogP contribution in [0.15, 0.2) is 72.9 Å². The number of carbonyl (C=O) groups excluding carboxylic acids is 1. The zero-order chi connectivity index (χ0) is 27.1. The lowest BCUT2D eigenvalue weighted by molar-refractivity contribution is -0.137. The number of hydrogen-bond acceptors (Lipinski definition) is 4. The minimum atomic E-state index is -0.859. The summed E-state index contributed by atoms with van der Waals surface area (Å²) < 4.78 is 5.68. The Morgan fingerprint density at radius 3 is 2.50 bits per heavy atom. The molecule has 7 heteroatoms. The third-order valence-electron chi connectivity index (χ3n) is 6.51. The number of rotatable bonds is 11. The fourth-order valence-corrected chi connectivity index (χ4v) is 4.68. The molecular formula is C31H37N3O4. The number of carbonyl (C=O) groups is 2. The predicted octanol–water partition coefficient (Wildman–Crippen LogP) is 5.78. The van der Waals surface area contributed by atoms with Crippen LogP contribution in [0.2, 0.25) is 0 Å². The zero-order valence-electron chi connectivity index (χ0n) is 22.4. The number of amides is 1. The van der Waals surface area contributed by atoms with Gasteiger partial charge in [0.05, 0.1) is 6.42 Å². The highest BCUT2D eigenvalue weighted by molar-refractivity contribution is 5.84. The number of aliphatic carboxylic acids is 1. The molecule has 1 amide bonds. The van der Waals surface area contributed by atoms with E-state index in [2.05, 4.69) is 40.6 Å². The van der Waals surface area contributed by atoms with E-state index in [-0.39, 0.29) is 18.6 Å². The molecule has 1 aromatic heterocycles. The average molecular weight is 516 g/mol. The van der Waals surface area contributed by atoms with Crippen molar-refractivity contribution >= 4 is 33.7 Å². The molecule has 0 saturated heterocycles. The first kappa shape index (κ1) is 27.2. The van der Waals surface area contributed by atoms with Crippen molar-refractivity contribution in [3.8, 4) is 0 Å². The largest absolute Gasteiger partial charge is 0.481 e. The highest BCUT2D eigenvalue weighted by atomic mass is 16.6. The van der Waals surface area contributed by atoms with E-state index >= 15 is 0 Å². The number of carboxylic acid groups (broad SMARTS) is 1. The number of aromatic amines is 1. The number of nitrogens with one attached hydrogen (secondary N) is 2. The van der Waals surface area contributed by atoms with Gasteiger partial charge in [0.2, 0.25) is 0 Å². The molecule has 0 aliphatic heterocycles. The fourth-order valence-electron chi connectivity index (χ4n) is 4.68. The Kier molecular flexibility index (Phi) is 8.69. The molecule has 0 radical (unpaired) electrons. The molecule has 1 heterocycles. The Labute approximate surface area is 223 Å². The standard InChI is InChI=1S/C31H37N3O4/c1-31(2,3)38-30(37)34(16-14-22-12-13-23-8-4-5-9-24(23)18-22)17-15-32-26(20-29(35)36)19-25-21-33-28-11-7-6-10-27(25)28/h4-13,18,21,26,32-33H,14-17,19-20H2,1-3H3,(H,35,36)/t26-/m1/s1. The quantitative estimate of drug-likeness (QED) is 0.236. The lowest BCUT2D eigenvalue weighted by atomic mass is 10.0. The maximum atomic E-state index is 13.0.